The summed E-state index contributed by atoms with van der Waals surface area (Å²) in [5.74, 6) is 0.319. The first-order chi connectivity index (χ1) is 13.5. The molecule has 0 saturated carbocycles. The molecule has 0 spiro atoms. The molecular weight excluding hydrogens is 362 g/mol. The Kier molecular flexibility index (Phi) is 8.77. The highest BCUT2D eigenvalue weighted by molar-refractivity contribution is 5.85. The van der Waals surface area contributed by atoms with E-state index in [2.05, 4.69) is 0 Å². The van der Waals surface area contributed by atoms with Crippen LogP contribution in [-0.2, 0) is 39.2 Å². The summed E-state index contributed by atoms with van der Waals surface area (Å²) in [5, 5.41) is 0. The van der Waals surface area contributed by atoms with Crippen LogP contribution in [0.2, 0.25) is 0 Å². The molecular formula is C20H29N3O5. The molecule has 0 atom stereocenters. The Hall–Kier alpha value is -2.58. The molecule has 0 radical (unpaired) electrons. The number of amides is 2. The minimum Gasteiger partial charge on any atom is -0.467 e. The third-order valence-electron chi connectivity index (χ3n) is 4.41. The normalized spacial score (nSPS) is 10.8. The van der Waals surface area contributed by atoms with Crippen molar-refractivity contribution < 1.29 is 23.5 Å². The standard InChI is InChI=1S/C20H29N3O5/c1-21-9-4-7-17(21)13-23(14-18-8-5-12-28-18)19(24)15-22(10-6-11-26-2)20(25)16-27-3/h4-5,7-9,12H,6,10-11,13-16H2,1-3H3. The molecule has 8 heteroatoms. The second-order valence-electron chi connectivity index (χ2n) is 6.53. The van der Waals surface area contributed by atoms with Gasteiger partial charge < -0.3 is 28.3 Å². The SMILES string of the molecule is COCCCN(CC(=O)N(Cc1ccco1)Cc1cccn1C)C(=O)COC. The molecule has 8 nitrogen and oxygen atoms in total. The predicted molar refractivity (Wildman–Crippen MR) is 103 cm³/mol. The van der Waals surface area contributed by atoms with Gasteiger partial charge in [0.25, 0.3) is 0 Å². The number of nitrogens with zero attached hydrogens (tertiary/aromatic N) is 3. The minimum atomic E-state index is -0.219. The summed E-state index contributed by atoms with van der Waals surface area (Å²) < 4.78 is 17.4. The van der Waals surface area contributed by atoms with Gasteiger partial charge in [-0.15, -0.1) is 0 Å². The lowest BCUT2D eigenvalue weighted by atomic mass is 10.3. The van der Waals surface area contributed by atoms with Gasteiger partial charge in [0.2, 0.25) is 11.8 Å². The van der Waals surface area contributed by atoms with Crippen LogP contribution >= 0.6 is 0 Å². The number of aromatic nitrogens is 1. The smallest absolute Gasteiger partial charge is 0.249 e. The summed E-state index contributed by atoms with van der Waals surface area (Å²) in [6, 6.07) is 7.52. The van der Waals surface area contributed by atoms with Gasteiger partial charge in [0, 0.05) is 46.3 Å². The van der Waals surface area contributed by atoms with Gasteiger partial charge in [0.05, 0.1) is 25.9 Å². The van der Waals surface area contributed by atoms with Crippen molar-refractivity contribution in [1.29, 1.82) is 0 Å². The van der Waals surface area contributed by atoms with Crippen LogP contribution in [0.25, 0.3) is 0 Å². The number of rotatable bonds is 12. The van der Waals surface area contributed by atoms with E-state index in [1.54, 1.807) is 24.3 Å². The minimum absolute atomic E-state index is 0.0168. The number of aryl methyl sites for hydroxylation is 1. The largest absolute Gasteiger partial charge is 0.467 e. The van der Waals surface area contributed by atoms with Crippen LogP contribution < -0.4 is 0 Å². The highest BCUT2D eigenvalue weighted by atomic mass is 16.5. The molecule has 2 aromatic heterocycles. The second-order valence-corrected chi connectivity index (χ2v) is 6.53. The van der Waals surface area contributed by atoms with Crippen LogP contribution in [0.3, 0.4) is 0 Å². The second kappa shape index (κ2) is 11.3. The molecule has 0 bridgehead atoms. The Morgan fingerprint density at radius 2 is 1.89 bits per heavy atom. The summed E-state index contributed by atoms with van der Waals surface area (Å²) in [6.45, 7) is 1.63. The molecule has 2 rings (SSSR count). The van der Waals surface area contributed by atoms with Crippen molar-refractivity contribution in [2.75, 3.05) is 40.5 Å². The summed E-state index contributed by atoms with van der Waals surface area (Å²) in [4.78, 5) is 28.6. The Balaban J connectivity index is 2.10. The third-order valence-corrected chi connectivity index (χ3v) is 4.41. The highest BCUT2D eigenvalue weighted by Gasteiger charge is 2.22. The molecule has 154 valence electrons. The molecule has 0 aliphatic heterocycles. The van der Waals surface area contributed by atoms with Crippen molar-refractivity contribution in [2.24, 2.45) is 7.05 Å². The Morgan fingerprint density at radius 3 is 2.50 bits per heavy atom. The number of hydrogen-bond acceptors (Lipinski definition) is 5. The third kappa shape index (κ3) is 6.54. The van der Waals surface area contributed by atoms with E-state index in [1.165, 1.54) is 12.0 Å². The van der Waals surface area contributed by atoms with E-state index in [0.717, 1.165) is 5.69 Å². The molecule has 2 aromatic rings. The first kappa shape index (κ1) is 21.7. The number of furan rings is 1. The lowest BCUT2D eigenvalue weighted by molar-refractivity contribution is -0.143. The summed E-state index contributed by atoms with van der Waals surface area (Å²) >= 11 is 0. The monoisotopic (exact) mass is 391 g/mol. The van der Waals surface area contributed by atoms with Gasteiger partial charge in [-0.2, -0.15) is 0 Å². The summed E-state index contributed by atoms with van der Waals surface area (Å²) in [6.07, 6.45) is 4.17. The van der Waals surface area contributed by atoms with Gasteiger partial charge in [0.1, 0.15) is 12.4 Å². The van der Waals surface area contributed by atoms with E-state index in [1.807, 2.05) is 36.0 Å². The first-order valence-corrected chi connectivity index (χ1v) is 9.21. The molecule has 0 fully saturated rings. The maximum Gasteiger partial charge on any atom is 0.249 e. The molecule has 2 amide bonds. The van der Waals surface area contributed by atoms with Crippen molar-refractivity contribution >= 4 is 11.8 Å². The molecule has 0 aliphatic rings. The van der Waals surface area contributed by atoms with Crippen LogP contribution in [0, 0.1) is 0 Å². The van der Waals surface area contributed by atoms with E-state index < -0.39 is 0 Å². The van der Waals surface area contributed by atoms with Crippen LogP contribution in [0.4, 0.5) is 0 Å². The Morgan fingerprint density at radius 1 is 1.07 bits per heavy atom. The van der Waals surface area contributed by atoms with Gasteiger partial charge in [-0.1, -0.05) is 0 Å². The van der Waals surface area contributed by atoms with Crippen LogP contribution in [-0.4, -0.2) is 66.7 Å². The lowest BCUT2D eigenvalue weighted by Gasteiger charge is -2.27. The van der Waals surface area contributed by atoms with Gasteiger partial charge >= 0.3 is 0 Å². The average molecular weight is 391 g/mol. The number of hydrogen-bond donors (Lipinski definition) is 0. The average Bonchev–Trinajstić information content (AvgIpc) is 3.32. The number of carbonyl (C=O) groups excluding carboxylic acids is 2. The number of ether oxygens (including phenoxy) is 2. The first-order valence-electron chi connectivity index (χ1n) is 9.21. The number of carbonyl (C=O) groups is 2. The van der Waals surface area contributed by atoms with Crippen molar-refractivity contribution in [1.82, 2.24) is 14.4 Å². The van der Waals surface area contributed by atoms with E-state index in [4.69, 9.17) is 13.9 Å². The van der Waals surface area contributed by atoms with Crippen molar-refractivity contribution in [3.8, 4) is 0 Å². The molecule has 0 unspecified atom stereocenters. The van der Waals surface area contributed by atoms with Crippen molar-refractivity contribution in [3.63, 3.8) is 0 Å². The van der Waals surface area contributed by atoms with Crippen LogP contribution in [0.5, 0.6) is 0 Å². The van der Waals surface area contributed by atoms with Crippen molar-refractivity contribution in [2.45, 2.75) is 19.5 Å². The summed E-state index contributed by atoms with van der Waals surface area (Å²) in [5.41, 5.74) is 0.994. The lowest BCUT2D eigenvalue weighted by Crippen LogP contribution is -2.44. The molecule has 28 heavy (non-hydrogen) atoms. The fourth-order valence-corrected chi connectivity index (χ4v) is 2.85. The van der Waals surface area contributed by atoms with Gasteiger partial charge in [-0.3, -0.25) is 9.59 Å². The van der Waals surface area contributed by atoms with Gasteiger partial charge in [-0.05, 0) is 30.7 Å². The van der Waals surface area contributed by atoms with Crippen LogP contribution in [0.1, 0.15) is 17.9 Å². The van der Waals surface area contributed by atoms with Gasteiger partial charge in [0.15, 0.2) is 0 Å². The zero-order valence-electron chi connectivity index (χ0n) is 16.8. The van der Waals surface area contributed by atoms with Crippen molar-refractivity contribution in [3.05, 3.63) is 48.2 Å². The molecule has 0 aliphatic carbocycles. The topological polar surface area (TPSA) is 77.2 Å². The zero-order valence-corrected chi connectivity index (χ0v) is 16.8. The van der Waals surface area contributed by atoms with E-state index in [-0.39, 0.29) is 25.0 Å². The van der Waals surface area contributed by atoms with E-state index in [0.29, 0.717) is 38.4 Å². The quantitative estimate of drug-likeness (QED) is 0.514. The molecule has 0 aromatic carbocycles. The van der Waals surface area contributed by atoms with Crippen LogP contribution in [0.15, 0.2) is 41.1 Å². The highest BCUT2D eigenvalue weighted by Crippen LogP contribution is 2.12. The Bertz CT molecular complexity index is 726. The maximum atomic E-state index is 13.1. The van der Waals surface area contributed by atoms with E-state index in [9.17, 15) is 9.59 Å². The molecule has 0 N–H and O–H groups in total. The summed E-state index contributed by atoms with van der Waals surface area (Å²) in [7, 11) is 5.01. The molecule has 0 saturated heterocycles. The predicted octanol–water partition coefficient (Wildman–Crippen LogP) is 1.66. The zero-order chi connectivity index (χ0) is 20.4. The molecule has 2 heterocycles. The fraction of sp³-hybridized carbons (Fsp3) is 0.500. The Labute approximate surface area is 165 Å². The van der Waals surface area contributed by atoms with Gasteiger partial charge in [-0.25, -0.2) is 0 Å². The number of methoxy groups -OCH3 is 2. The maximum absolute atomic E-state index is 13.1. The fourth-order valence-electron chi connectivity index (χ4n) is 2.85. The van der Waals surface area contributed by atoms with E-state index >= 15 is 0 Å².